The molecule has 4 aromatic rings. The number of benzene rings is 3. The average Bonchev–Trinajstić information content (AvgIpc) is 2.94. The maximum Gasteiger partial charge on any atom is 0.255 e. The summed E-state index contributed by atoms with van der Waals surface area (Å²) >= 11 is 5.84. The molecule has 3 aromatic carbocycles. The normalized spacial score (nSPS) is 18.9. The molecule has 1 N–H and O–H groups in total. The molecule has 1 aromatic heterocycles. The fourth-order valence-corrected chi connectivity index (χ4v) is 5.29. The molecule has 1 fully saturated rings. The van der Waals surface area contributed by atoms with E-state index in [1.54, 1.807) is 12.1 Å². The number of rotatable bonds is 6. The first kappa shape index (κ1) is 27.8. The Balaban J connectivity index is 1.30. The number of nitrogens with one attached hydrogen (secondary N) is 1. The molecule has 0 aliphatic carbocycles. The van der Waals surface area contributed by atoms with E-state index in [1.165, 1.54) is 30.5 Å². The van der Waals surface area contributed by atoms with Crippen LogP contribution in [0.15, 0.2) is 72.9 Å². The van der Waals surface area contributed by atoms with Gasteiger partial charge in [-0.05, 0) is 41.3 Å². The van der Waals surface area contributed by atoms with Gasteiger partial charge in [-0.3, -0.25) is 4.79 Å². The molecule has 0 radical (unpaired) electrons. The van der Waals surface area contributed by atoms with E-state index in [-0.39, 0.29) is 60.3 Å². The summed E-state index contributed by atoms with van der Waals surface area (Å²) in [7, 11) is 0. The number of piperidine rings is 1. The second kappa shape index (κ2) is 11.4. The van der Waals surface area contributed by atoms with Crippen LogP contribution in [0.1, 0.15) is 40.2 Å². The van der Waals surface area contributed by atoms with Crippen molar-refractivity contribution in [2.45, 2.75) is 25.3 Å². The van der Waals surface area contributed by atoms with Gasteiger partial charge in [-0.15, -0.1) is 0 Å². The van der Waals surface area contributed by atoms with Gasteiger partial charge in [0.05, 0.1) is 18.8 Å². The molecular formula is C30H24ClF4N3O2. The second-order valence-electron chi connectivity index (χ2n) is 9.91. The van der Waals surface area contributed by atoms with E-state index < -0.39 is 33.9 Å². The van der Waals surface area contributed by atoms with Gasteiger partial charge >= 0.3 is 0 Å². The zero-order valence-corrected chi connectivity index (χ0v) is 21.9. The molecule has 5 nitrogen and oxygen atoms in total. The SMILES string of the molecule is O=C(Nc1cc(F)c(F)c(F)c1C1CC[N+]([O-])(Cc2ccc(-c3ccc(F)cc3)cc2)CC1)c1ccnc(Cl)c1. The number of anilines is 1. The van der Waals surface area contributed by atoms with E-state index in [0.29, 0.717) is 0 Å². The maximum atomic E-state index is 15.1. The van der Waals surface area contributed by atoms with Crippen LogP contribution in [0.3, 0.4) is 0 Å². The van der Waals surface area contributed by atoms with Crippen molar-refractivity contribution in [2.24, 2.45) is 0 Å². The van der Waals surface area contributed by atoms with E-state index in [1.807, 2.05) is 24.3 Å². The van der Waals surface area contributed by atoms with Crippen LogP contribution in [0.5, 0.6) is 0 Å². The van der Waals surface area contributed by atoms with E-state index in [4.69, 9.17) is 11.6 Å². The zero-order valence-electron chi connectivity index (χ0n) is 21.1. The molecule has 1 saturated heterocycles. The number of aromatic nitrogens is 1. The summed E-state index contributed by atoms with van der Waals surface area (Å²) in [6.45, 7) is 0.426. The summed E-state index contributed by atoms with van der Waals surface area (Å²) in [5.41, 5.74) is 2.30. The number of halogens is 5. The van der Waals surface area contributed by atoms with Crippen molar-refractivity contribution < 1.29 is 27.0 Å². The van der Waals surface area contributed by atoms with E-state index in [0.717, 1.165) is 22.8 Å². The summed E-state index contributed by atoms with van der Waals surface area (Å²) in [6, 6.07) is 17.0. The van der Waals surface area contributed by atoms with Crippen LogP contribution in [0.2, 0.25) is 5.15 Å². The van der Waals surface area contributed by atoms with Gasteiger partial charge in [0, 0.05) is 41.8 Å². The van der Waals surface area contributed by atoms with Crippen LogP contribution >= 0.6 is 11.6 Å². The molecule has 0 bridgehead atoms. The Labute approximate surface area is 233 Å². The molecule has 0 unspecified atom stereocenters. The third-order valence-electron chi connectivity index (χ3n) is 7.22. The van der Waals surface area contributed by atoms with E-state index in [2.05, 4.69) is 10.3 Å². The molecule has 1 amide bonds. The molecular weight excluding hydrogens is 546 g/mol. The number of carbonyl (C=O) groups excluding carboxylic acids is 1. The number of likely N-dealkylation sites (tertiary alicyclic amines) is 1. The lowest BCUT2D eigenvalue weighted by Gasteiger charge is -2.47. The Morgan fingerprint density at radius 3 is 2.17 bits per heavy atom. The summed E-state index contributed by atoms with van der Waals surface area (Å²) < 4.78 is 56.1. The monoisotopic (exact) mass is 569 g/mol. The van der Waals surface area contributed by atoms with Crippen molar-refractivity contribution in [1.82, 2.24) is 4.98 Å². The second-order valence-corrected chi connectivity index (χ2v) is 10.3. The van der Waals surface area contributed by atoms with Crippen LogP contribution < -0.4 is 5.32 Å². The molecule has 206 valence electrons. The lowest BCUT2D eigenvalue weighted by Crippen LogP contribution is -2.47. The quantitative estimate of drug-likeness (QED) is 0.0855. The van der Waals surface area contributed by atoms with Gasteiger partial charge in [-0.25, -0.2) is 22.5 Å². The molecule has 10 heteroatoms. The van der Waals surface area contributed by atoms with Crippen LogP contribution in [0.4, 0.5) is 23.2 Å². The number of nitrogens with zero attached hydrogens (tertiary/aromatic N) is 2. The highest BCUT2D eigenvalue weighted by molar-refractivity contribution is 6.29. The molecule has 0 saturated carbocycles. The Morgan fingerprint density at radius 1 is 0.925 bits per heavy atom. The van der Waals surface area contributed by atoms with Crippen molar-refractivity contribution in [1.29, 1.82) is 0 Å². The Bertz CT molecular complexity index is 1540. The van der Waals surface area contributed by atoms with Crippen molar-refractivity contribution >= 4 is 23.2 Å². The summed E-state index contributed by atoms with van der Waals surface area (Å²) in [5.74, 6) is -6.06. The summed E-state index contributed by atoms with van der Waals surface area (Å²) in [4.78, 5) is 16.5. The van der Waals surface area contributed by atoms with Crippen LogP contribution in [0, 0.1) is 28.5 Å². The van der Waals surface area contributed by atoms with Crippen LogP contribution in [-0.2, 0) is 6.54 Å². The van der Waals surface area contributed by atoms with Gasteiger partial charge in [-0.2, -0.15) is 0 Å². The highest BCUT2D eigenvalue weighted by atomic mass is 35.5. The first-order chi connectivity index (χ1) is 19.1. The number of quaternary nitrogens is 1. The van der Waals surface area contributed by atoms with Gasteiger partial charge in [-0.1, -0.05) is 48.0 Å². The minimum Gasteiger partial charge on any atom is -0.633 e. The van der Waals surface area contributed by atoms with Gasteiger partial charge < -0.3 is 15.2 Å². The number of hydroxylamine groups is 3. The number of carbonyl (C=O) groups is 1. The fraction of sp³-hybridized carbons (Fsp3) is 0.200. The largest absolute Gasteiger partial charge is 0.633 e. The van der Waals surface area contributed by atoms with Gasteiger partial charge in [0.25, 0.3) is 5.91 Å². The summed E-state index contributed by atoms with van der Waals surface area (Å²) in [6.07, 6.45) is 1.74. The van der Waals surface area contributed by atoms with E-state index in [9.17, 15) is 23.2 Å². The van der Waals surface area contributed by atoms with Crippen molar-refractivity contribution in [2.75, 3.05) is 18.4 Å². The predicted octanol–water partition coefficient (Wildman–Crippen LogP) is 7.60. The minimum absolute atomic E-state index is 0.0614. The molecule has 2 heterocycles. The number of hydrogen-bond donors (Lipinski definition) is 1. The van der Waals surface area contributed by atoms with Crippen LogP contribution in [0.25, 0.3) is 11.1 Å². The summed E-state index contributed by atoms with van der Waals surface area (Å²) in [5, 5.41) is 16.1. The number of hydrogen-bond acceptors (Lipinski definition) is 3. The third-order valence-corrected chi connectivity index (χ3v) is 7.42. The number of amides is 1. The molecule has 1 aliphatic rings. The van der Waals surface area contributed by atoms with Gasteiger partial charge in [0.1, 0.15) is 17.5 Å². The highest BCUT2D eigenvalue weighted by Gasteiger charge is 2.33. The topological polar surface area (TPSA) is 65.0 Å². The minimum atomic E-state index is -1.63. The molecule has 1 aliphatic heterocycles. The Kier molecular flexibility index (Phi) is 7.89. The molecule has 40 heavy (non-hydrogen) atoms. The standard InChI is InChI=1S/C30H24ClF4N3O2/c31-26-15-22(9-12-36-26)30(39)37-25-16-24(33)28(34)29(35)27(25)21-10-13-38(40,14-11-21)17-18-1-3-19(4-2-18)20-5-7-23(32)8-6-20/h1-9,12,15-16,21H,10-11,13-14,17H2,(H,37,39). The smallest absolute Gasteiger partial charge is 0.255 e. The van der Waals surface area contributed by atoms with Crippen molar-refractivity contribution in [3.8, 4) is 11.1 Å². The maximum absolute atomic E-state index is 15.1. The Morgan fingerprint density at radius 2 is 1.55 bits per heavy atom. The predicted molar refractivity (Wildman–Crippen MR) is 144 cm³/mol. The zero-order chi connectivity index (χ0) is 28.4. The molecule has 5 rings (SSSR count). The molecule has 0 spiro atoms. The van der Waals surface area contributed by atoms with Crippen LogP contribution in [-0.4, -0.2) is 28.6 Å². The number of pyridine rings is 1. The molecule has 0 atom stereocenters. The van der Waals surface area contributed by atoms with Gasteiger partial charge in [0.15, 0.2) is 17.5 Å². The lowest BCUT2D eigenvalue weighted by molar-refractivity contribution is -0.899. The first-order valence-corrected chi connectivity index (χ1v) is 13.0. The highest BCUT2D eigenvalue weighted by Crippen LogP contribution is 2.39. The van der Waals surface area contributed by atoms with Gasteiger partial charge in [0.2, 0.25) is 0 Å². The fourth-order valence-electron chi connectivity index (χ4n) is 5.11. The van der Waals surface area contributed by atoms with E-state index >= 15 is 4.39 Å². The van der Waals surface area contributed by atoms with Crippen molar-refractivity contribution in [3.63, 3.8) is 0 Å². The lowest BCUT2D eigenvalue weighted by atomic mass is 9.87. The van der Waals surface area contributed by atoms with Crippen molar-refractivity contribution in [3.05, 3.63) is 123 Å². The third kappa shape index (κ3) is 6.01. The Hall–Kier alpha value is -3.79. The first-order valence-electron chi connectivity index (χ1n) is 12.6. The average molecular weight is 570 g/mol.